The highest BCUT2D eigenvalue weighted by molar-refractivity contribution is 7.99. The molecule has 2 amide bonds. The van der Waals surface area contributed by atoms with Crippen molar-refractivity contribution in [2.45, 2.75) is 12.1 Å². The number of carbonyl (C=O) groups excluding carboxylic acids is 2. The van der Waals surface area contributed by atoms with Gasteiger partial charge in [-0.15, -0.1) is 0 Å². The lowest BCUT2D eigenvalue weighted by Crippen LogP contribution is -2.43. The molecule has 7 heteroatoms. The molecular formula is C24H20N4O2S. The molecule has 1 N–H and O–H groups in total. The second-order valence-electron chi connectivity index (χ2n) is 7.39. The molecule has 3 aromatic carbocycles. The Morgan fingerprint density at radius 1 is 1.06 bits per heavy atom. The molecule has 0 atom stereocenters. The van der Waals surface area contributed by atoms with Crippen LogP contribution in [0, 0.1) is 6.92 Å². The van der Waals surface area contributed by atoms with E-state index in [0.29, 0.717) is 5.69 Å². The van der Waals surface area contributed by atoms with Crippen molar-refractivity contribution >= 4 is 46.0 Å². The summed E-state index contributed by atoms with van der Waals surface area (Å²) in [7, 11) is 0. The SMILES string of the molecule is Cc1cccc(-n2c(SCC(=O)N3CC(=O)Nc4ccccc43)nc3ccccc32)c1. The van der Waals surface area contributed by atoms with Gasteiger partial charge in [0.05, 0.1) is 28.2 Å². The Labute approximate surface area is 183 Å². The second-order valence-corrected chi connectivity index (χ2v) is 8.33. The molecule has 0 bridgehead atoms. The predicted molar refractivity (Wildman–Crippen MR) is 124 cm³/mol. The van der Waals surface area contributed by atoms with E-state index in [1.807, 2.05) is 54.6 Å². The molecule has 1 aliphatic rings. The van der Waals surface area contributed by atoms with Crippen molar-refractivity contribution in [3.63, 3.8) is 0 Å². The lowest BCUT2D eigenvalue weighted by molar-refractivity contribution is -0.120. The Morgan fingerprint density at radius 3 is 2.74 bits per heavy atom. The quantitative estimate of drug-likeness (QED) is 0.489. The maximum atomic E-state index is 13.1. The van der Waals surface area contributed by atoms with Crippen molar-refractivity contribution in [3.05, 3.63) is 78.4 Å². The van der Waals surface area contributed by atoms with Crippen LogP contribution < -0.4 is 10.2 Å². The van der Waals surface area contributed by atoms with Crippen LogP contribution in [0.5, 0.6) is 0 Å². The number of hydrogen-bond donors (Lipinski definition) is 1. The van der Waals surface area contributed by atoms with Crippen LogP contribution in [0.15, 0.2) is 78.0 Å². The van der Waals surface area contributed by atoms with E-state index in [0.717, 1.165) is 33.1 Å². The van der Waals surface area contributed by atoms with Gasteiger partial charge in [0.25, 0.3) is 0 Å². The first-order valence-electron chi connectivity index (χ1n) is 9.97. The lowest BCUT2D eigenvalue weighted by atomic mass is 10.2. The number of thioether (sulfide) groups is 1. The summed E-state index contributed by atoms with van der Waals surface area (Å²) >= 11 is 1.38. The van der Waals surface area contributed by atoms with Crippen LogP contribution in [-0.4, -0.2) is 33.7 Å². The molecule has 2 heterocycles. The van der Waals surface area contributed by atoms with Gasteiger partial charge >= 0.3 is 0 Å². The van der Waals surface area contributed by atoms with Crippen LogP contribution in [0.3, 0.4) is 0 Å². The molecular weight excluding hydrogens is 408 g/mol. The summed E-state index contributed by atoms with van der Waals surface area (Å²) in [6.45, 7) is 2.07. The monoisotopic (exact) mass is 428 g/mol. The van der Waals surface area contributed by atoms with Gasteiger partial charge in [-0.2, -0.15) is 0 Å². The van der Waals surface area contributed by atoms with Crippen molar-refractivity contribution in [1.82, 2.24) is 9.55 Å². The largest absolute Gasteiger partial charge is 0.323 e. The summed E-state index contributed by atoms with van der Waals surface area (Å²) in [6.07, 6.45) is 0. The van der Waals surface area contributed by atoms with Gasteiger partial charge in [0.2, 0.25) is 11.8 Å². The van der Waals surface area contributed by atoms with E-state index in [4.69, 9.17) is 4.98 Å². The zero-order valence-electron chi connectivity index (χ0n) is 16.9. The minimum absolute atomic E-state index is 0.0186. The van der Waals surface area contributed by atoms with Crippen LogP contribution >= 0.6 is 11.8 Å². The number of aromatic nitrogens is 2. The normalized spacial score (nSPS) is 13.2. The first-order valence-corrected chi connectivity index (χ1v) is 11.0. The number of rotatable bonds is 4. The summed E-state index contributed by atoms with van der Waals surface area (Å²) in [5, 5.41) is 3.56. The Balaban J connectivity index is 1.46. The summed E-state index contributed by atoms with van der Waals surface area (Å²) < 4.78 is 2.08. The fourth-order valence-electron chi connectivity index (χ4n) is 3.78. The Morgan fingerprint density at radius 2 is 1.87 bits per heavy atom. The number of nitrogens with zero attached hydrogens (tertiary/aromatic N) is 3. The molecule has 0 fully saturated rings. The van der Waals surface area contributed by atoms with Gasteiger partial charge in [0.1, 0.15) is 6.54 Å². The number of nitrogens with one attached hydrogen (secondary N) is 1. The van der Waals surface area contributed by atoms with Crippen LogP contribution in [0.2, 0.25) is 0 Å². The minimum Gasteiger partial charge on any atom is -0.323 e. The van der Waals surface area contributed by atoms with Gasteiger partial charge in [-0.25, -0.2) is 4.98 Å². The molecule has 154 valence electrons. The van der Waals surface area contributed by atoms with Crippen molar-refractivity contribution in [1.29, 1.82) is 0 Å². The van der Waals surface area contributed by atoms with E-state index in [-0.39, 0.29) is 24.1 Å². The highest BCUT2D eigenvalue weighted by atomic mass is 32.2. The number of anilines is 2. The van der Waals surface area contributed by atoms with E-state index < -0.39 is 0 Å². The zero-order chi connectivity index (χ0) is 21.4. The Kier molecular flexibility index (Phi) is 4.95. The van der Waals surface area contributed by atoms with Crippen molar-refractivity contribution < 1.29 is 9.59 Å². The number of aryl methyl sites for hydroxylation is 1. The van der Waals surface area contributed by atoms with E-state index in [1.54, 1.807) is 11.0 Å². The Hall–Kier alpha value is -3.58. The van der Waals surface area contributed by atoms with Gasteiger partial charge in [-0.05, 0) is 48.9 Å². The van der Waals surface area contributed by atoms with Gasteiger partial charge in [-0.3, -0.25) is 14.2 Å². The number of para-hydroxylation sites is 4. The smallest absolute Gasteiger partial charge is 0.244 e. The second kappa shape index (κ2) is 7.92. The van der Waals surface area contributed by atoms with Gasteiger partial charge in [0, 0.05) is 5.69 Å². The van der Waals surface area contributed by atoms with Crippen LogP contribution in [0.1, 0.15) is 5.56 Å². The molecule has 0 aliphatic carbocycles. The fraction of sp³-hybridized carbons (Fsp3) is 0.125. The molecule has 6 nitrogen and oxygen atoms in total. The molecule has 0 saturated heterocycles. The molecule has 0 unspecified atom stereocenters. The number of amides is 2. The third-order valence-corrected chi connectivity index (χ3v) is 6.11. The maximum Gasteiger partial charge on any atom is 0.244 e. The fourth-order valence-corrected chi connectivity index (χ4v) is 4.68. The zero-order valence-corrected chi connectivity index (χ0v) is 17.7. The molecule has 0 radical (unpaired) electrons. The summed E-state index contributed by atoms with van der Waals surface area (Å²) in [6, 6.07) is 23.5. The van der Waals surface area contributed by atoms with Crippen molar-refractivity contribution in [2.75, 3.05) is 22.5 Å². The molecule has 1 aromatic heterocycles. The van der Waals surface area contributed by atoms with E-state index in [2.05, 4.69) is 28.9 Å². The lowest BCUT2D eigenvalue weighted by Gasteiger charge is -2.29. The highest BCUT2D eigenvalue weighted by Gasteiger charge is 2.27. The van der Waals surface area contributed by atoms with Gasteiger partial charge < -0.3 is 10.2 Å². The van der Waals surface area contributed by atoms with Crippen LogP contribution in [-0.2, 0) is 9.59 Å². The summed E-state index contributed by atoms with van der Waals surface area (Å²) in [5.41, 5.74) is 5.40. The molecule has 4 aromatic rings. The average molecular weight is 429 g/mol. The number of benzene rings is 3. The first-order chi connectivity index (χ1) is 15.1. The van der Waals surface area contributed by atoms with Crippen LogP contribution in [0.25, 0.3) is 16.7 Å². The van der Waals surface area contributed by atoms with E-state index in [1.165, 1.54) is 11.8 Å². The molecule has 31 heavy (non-hydrogen) atoms. The molecule has 5 rings (SSSR count). The van der Waals surface area contributed by atoms with E-state index >= 15 is 0 Å². The first kappa shape index (κ1) is 19.4. The number of imidazole rings is 1. The van der Waals surface area contributed by atoms with Gasteiger partial charge in [0.15, 0.2) is 5.16 Å². The van der Waals surface area contributed by atoms with Crippen LogP contribution in [0.4, 0.5) is 11.4 Å². The minimum atomic E-state index is -0.191. The third-order valence-electron chi connectivity index (χ3n) is 5.19. The van der Waals surface area contributed by atoms with Gasteiger partial charge in [-0.1, -0.05) is 48.2 Å². The standard InChI is InChI=1S/C24H20N4O2S/c1-16-7-6-8-17(13-16)28-21-12-5-3-10-19(21)26-24(28)31-15-23(30)27-14-22(29)25-18-9-2-4-11-20(18)27/h2-13H,14-15H2,1H3,(H,25,29). The van der Waals surface area contributed by atoms with E-state index in [9.17, 15) is 9.59 Å². The summed E-state index contributed by atoms with van der Waals surface area (Å²) in [5.74, 6) is -0.143. The predicted octanol–water partition coefficient (Wildman–Crippen LogP) is 4.41. The third kappa shape index (κ3) is 3.68. The molecule has 0 saturated carbocycles. The number of carbonyl (C=O) groups is 2. The van der Waals surface area contributed by atoms with Crippen molar-refractivity contribution in [3.8, 4) is 5.69 Å². The average Bonchev–Trinajstić information content (AvgIpc) is 3.15. The highest BCUT2D eigenvalue weighted by Crippen LogP contribution is 2.32. The molecule has 1 aliphatic heterocycles. The summed E-state index contributed by atoms with van der Waals surface area (Å²) in [4.78, 5) is 31.5. The molecule has 0 spiro atoms. The van der Waals surface area contributed by atoms with Crippen molar-refractivity contribution in [2.24, 2.45) is 0 Å². The topological polar surface area (TPSA) is 67.2 Å². The number of fused-ring (bicyclic) bond motifs is 2. The Bertz CT molecular complexity index is 1310. The maximum absolute atomic E-state index is 13.1. The number of hydrogen-bond acceptors (Lipinski definition) is 4.